The van der Waals surface area contributed by atoms with Crippen molar-refractivity contribution in [1.29, 1.82) is 0 Å². The summed E-state index contributed by atoms with van der Waals surface area (Å²) in [6.07, 6.45) is 5.69. The Bertz CT molecular complexity index is 367. The molecule has 0 bridgehead atoms. The van der Waals surface area contributed by atoms with E-state index in [9.17, 15) is 0 Å². The van der Waals surface area contributed by atoms with Gasteiger partial charge in [-0.3, -0.25) is 0 Å². The van der Waals surface area contributed by atoms with E-state index >= 15 is 0 Å². The lowest BCUT2D eigenvalue weighted by Crippen LogP contribution is -1.94. The minimum absolute atomic E-state index is 0.706. The lowest BCUT2D eigenvalue weighted by Gasteiger charge is -2.08. The van der Waals surface area contributed by atoms with Crippen LogP contribution in [0.4, 0.5) is 5.69 Å². The highest BCUT2D eigenvalue weighted by Gasteiger charge is 2.03. The molecule has 2 nitrogen and oxygen atoms in total. The van der Waals surface area contributed by atoms with E-state index in [0.29, 0.717) is 5.69 Å². The minimum Gasteiger partial charge on any atom is -0.497 e. The first-order chi connectivity index (χ1) is 7.72. The predicted molar refractivity (Wildman–Crippen MR) is 73.6 cm³/mol. The number of hydrogen-bond acceptors (Lipinski definition) is 2. The molecule has 0 radical (unpaired) electrons. The third-order valence-electron chi connectivity index (χ3n) is 2.01. The summed E-state index contributed by atoms with van der Waals surface area (Å²) in [6.45, 7) is 9.70. The molecule has 0 aliphatic carbocycles. The van der Waals surface area contributed by atoms with Gasteiger partial charge in [0.25, 0.3) is 0 Å². The summed E-state index contributed by atoms with van der Waals surface area (Å²) in [4.78, 5) is 0. The Balaban J connectivity index is 0.00000106. The topological polar surface area (TPSA) is 35.2 Å². The molecule has 0 atom stereocenters. The normalized spacial score (nSPS) is 9.50. The van der Waals surface area contributed by atoms with Crippen molar-refractivity contribution in [3.8, 4) is 5.75 Å². The molecule has 2 heteroatoms. The van der Waals surface area contributed by atoms with Gasteiger partial charge >= 0.3 is 0 Å². The van der Waals surface area contributed by atoms with Crippen molar-refractivity contribution in [2.24, 2.45) is 0 Å². The maximum atomic E-state index is 5.88. The van der Waals surface area contributed by atoms with E-state index in [2.05, 4.69) is 6.58 Å². The molecule has 0 unspecified atom stereocenters. The van der Waals surface area contributed by atoms with E-state index < -0.39 is 0 Å². The van der Waals surface area contributed by atoms with E-state index in [1.54, 1.807) is 13.2 Å². The fraction of sp³-hybridized carbons (Fsp3) is 0.286. The van der Waals surface area contributed by atoms with Gasteiger partial charge in [0.1, 0.15) is 5.75 Å². The van der Waals surface area contributed by atoms with Crippen molar-refractivity contribution < 1.29 is 4.74 Å². The fourth-order valence-corrected chi connectivity index (χ4v) is 1.32. The van der Waals surface area contributed by atoms with Crippen LogP contribution in [0, 0.1) is 0 Å². The summed E-state index contributed by atoms with van der Waals surface area (Å²) in [7, 11) is 1.62. The molecule has 0 saturated carbocycles. The molecular formula is C14H21NO. The van der Waals surface area contributed by atoms with Crippen LogP contribution < -0.4 is 10.5 Å². The number of hydrogen-bond donors (Lipinski definition) is 1. The van der Waals surface area contributed by atoms with Crippen LogP contribution in [0.1, 0.15) is 31.9 Å². The molecule has 0 aliphatic heterocycles. The molecule has 1 rings (SSSR count). The highest BCUT2D eigenvalue weighted by atomic mass is 16.5. The molecule has 1 aromatic rings. The summed E-state index contributed by atoms with van der Waals surface area (Å²) in [5.41, 5.74) is 8.56. The zero-order chi connectivity index (χ0) is 12.6. The van der Waals surface area contributed by atoms with Gasteiger partial charge in [0.15, 0.2) is 0 Å². The summed E-state index contributed by atoms with van der Waals surface area (Å²) >= 11 is 0. The van der Waals surface area contributed by atoms with Gasteiger partial charge in [-0.1, -0.05) is 38.7 Å². The van der Waals surface area contributed by atoms with Crippen LogP contribution >= 0.6 is 0 Å². The van der Waals surface area contributed by atoms with Crippen molar-refractivity contribution >= 4 is 17.8 Å². The Morgan fingerprint density at radius 1 is 1.31 bits per heavy atom. The number of nitrogens with two attached hydrogens (primary N) is 1. The Morgan fingerprint density at radius 3 is 2.38 bits per heavy atom. The Labute approximate surface area is 98.4 Å². The van der Waals surface area contributed by atoms with Crippen LogP contribution in [0.15, 0.2) is 24.8 Å². The smallest absolute Gasteiger partial charge is 0.121 e. The first kappa shape index (κ1) is 14.3. The van der Waals surface area contributed by atoms with Crippen molar-refractivity contribution in [2.75, 3.05) is 12.8 Å². The highest BCUT2D eigenvalue weighted by molar-refractivity contribution is 5.75. The van der Waals surface area contributed by atoms with Crippen LogP contribution in [0.5, 0.6) is 5.75 Å². The second-order valence-electron chi connectivity index (χ2n) is 2.92. The number of benzene rings is 1. The molecule has 0 fully saturated rings. The molecule has 1 aromatic carbocycles. The molecule has 0 aromatic heterocycles. The van der Waals surface area contributed by atoms with E-state index in [1.807, 2.05) is 45.1 Å². The number of ether oxygens (including phenoxy) is 1. The molecule has 0 aliphatic rings. The van der Waals surface area contributed by atoms with Gasteiger partial charge in [0.2, 0.25) is 0 Å². The highest BCUT2D eigenvalue weighted by Crippen LogP contribution is 2.26. The second-order valence-corrected chi connectivity index (χ2v) is 2.92. The van der Waals surface area contributed by atoms with Crippen molar-refractivity contribution in [2.45, 2.75) is 20.8 Å². The fourth-order valence-electron chi connectivity index (χ4n) is 1.32. The average Bonchev–Trinajstić information content (AvgIpc) is 2.34. The monoisotopic (exact) mass is 219 g/mol. The first-order valence-electron chi connectivity index (χ1n) is 5.45. The lowest BCUT2D eigenvalue weighted by atomic mass is 10.0. The Morgan fingerprint density at radius 2 is 1.94 bits per heavy atom. The van der Waals surface area contributed by atoms with Crippen LogP contribution in [-0.2, 0) is 0 Å². The van der Waals surface area contributed by atoms with E-state index in [1.165, 1.54) is 0 Å². The number of methoxy groups -OCH3 is 1. The SMILES string of the molecule is C=Cc1cc(OC)cc(N)c1/C=C\C.CC. The van der Waals surface area contributed by atoms with Crippen LogP contribution in [0.2, 0.25) is 0 Å². The maximum Gasteiger partial charge on any atom is 0.121 e. The van der Waals surface area contributed by atoms with Crippen molar-refractivity contribution in [3.05, 3.63) is 35.9 Å². The molecule has 0 saturated heterocycles. The summed E-state index contributed by atoms with van der Waals surface area (Å²) in [5.74, 6) is 0.755. The summed E-state index contributed by atoms with van der Waals surface area (Å²) < 4.78 is 5.12. The van der Waals surface area contributed by atoms with Gasteiger partial charge in [-0.2, -0.15) is 0 Å². The lowest BCUT2D eigenvalue weighted by molar-refractivity contribution is 0.415. The molecule has 2 N–H and O–H groups in total. The molecular weight excluding hydrogens is 198 g/mol. The van der Waals surface area contributed by atoms with Crippen LogP contribution in [0.25, 0.3) is 12.2 Å². The minimum atomic E-state index is 0.706. The van der Waals surface area contributed by atoms with E-state index in [0.717, 1.165) is 16.9 Å². The molecule has 88 valence electrons. The molecule has 0 amide bonds. The molecule has 16 heavy (non-hydrogen) atoms. The third kappa shape index (κ3) is 3.46. The summed E-state index contributed by atoms with van der Waals surface area (Å²) in [5, 5.41) is 0. The maximum absolute atomic E-state index is 5.88. The van der Waals surface area contributed by atoms with Gasteiger partial charge in [0, 0.05) is 17.3 Å². The molecule has 0 heterocycles. The quantitative estimate of drug-likeness (QED) is 0.780. The van der Waals surface area contributed by atoms with Crippen molar-refractivity contribution in [1.82, 2.24) is 0 Å². The van der Waals surface area contributed by atoms with Crippen LogP contribution in [-0.4, -0.2) is 7.11 Å². The van der Waals surface area contributed by atoms with Gasteiger partial charge < -0.3 is 10.5 Å². The first-order valence-corrected chi connectivity index (χ1v) is 5.45. The average molecular weight is 219 g/mol. The van der Waals surface area contributed by atoms with E-state index in [-0.39, 0.29) is 0 Å². The number of nitrogen functional groups attached to an aromatic ring is 1. The van der Waals surface area contributed by atoms with Crippen molar-refractivity contribution in [3.63, 3.8) is 0 Å². The Kier molecular flexibility index (Phi) is 6.77. The third-order valence-corrected chi connectivity index (χ3v) is 2.01. The Hall–Kier alpha value is -1.70. The summed E-state index contributed by atoms with van der Waals surface area (Å²) in [6, 6.07) is 3.72. The zero-order valence-corrected chi connectivity index (χ0v) is 10.6. The molecule has 0 spiro atoms. The van der Waals surface area contributed by atoms with Gasteiger partial charge in [-0.25, -0.2) is 0 Å². The number of allylic oxidation sites excluding steroid dienone is 1. The van der Waals surface area contributed by atoms with E-state index in [4.69, 9.17) is 10.5 Å². The van der Waals surface area contributed by atoms with Gasteiger partial charge in [-0.15, -0.1) is 0 Å². The van der Waals surface area contributed by atoms with Gasteiger partial charge in [-0.05, 0) is 18.6 Å². The second kappa shape index (κ2) is 7.57. The van der Waals surface area contributed by atoms with Gasteiger partial charge in [0.05, 0.1) is 7.11 Å². The zero-order valence-electron chi connectivity index (χ0n) is 10.6. The predicted octanol–water partition coefficient (Wildman–Crippen LogP) is 3.98. The largest absolute Gasteiger partial charge is 0.497 e. The van der Waals surface area contributed by atoms with Crippen LogP contribution in [0.3, 0.4) is 0 Å². The number of anilines is 1. The standard InChI is InChI=1S/C12H15NO.C2H6/c1-4-6-11-9(5-2)7-10(14-3)8-12(11)13;1-2/h4-8H,2,13H2,1,3H3;1-2H3/b6-4-;. The number of rotatable bonds is 3.